The van der Waals surface area contributed by atoms with Gasteiger partial charge in [-0.15, -0.1) is 0 Å². The highest BCUT2D eigenvalue weighted by Gasteiger charge is 2.09. The summed E-state index contributed by atoms with van der Waals surface area (Å²) in [6.07, 6.45) is 3.93. The van der Waals surface area contributed by atoms with Crippen molar-refractivity contribution in [2.24, 2.45) is 0 Å². The van der Waals surface area contributed by atoms with E-state index >= 15 is 0 Å². The summed E-state index contributed by atoms with van der Waals surface area (Å²) in [4.78, 5) is 15.7. The Hall–Kier alpha value is -1.38. The van der Waals surface area contributed by atoms with Crippen LogP contribution in [0.3, 0.4) is 0 Å². The molecule has 1 aromatic heterocycles. The van der Waals surface area contributed by atoms with E-state index < -0.39 is 0 Å². The minimum atomic E-state index is -0.0534. The van der Waals surface area contributed by atoms with Crippen molar-refractivity contribution < 1.29 is 4.79 Å². The molecule has 1 amide bonds. The van der Waals surface area contributed by atoms with Crippen LogP contribution in [0.2, 0.25) is 0 Å². The van der Waals surface area contributed by atoms with Crippen LogP contribution in [0.15, 0.2) is 18.3 Å². The third-order valence-corrected chi connectivity index (χ3v) is 2.50. The molecule has 15 heavy (non-hydrogen) atoms. The molecule has 0 aliphatic rings. The van der Waals surface area contributed by atoms with Gasteiger partial charge < -0.3 is 5.32 Å². The van der Waals surface area contributed by atoms with Crippen molar-refractivity contribution in [3.8, 4) is 0 Å². The van der Waals surface area contributed by atoms with Crippen molar-refractivity contribution in [3.63, 3.8) is 0 Å². The predicted octanol–water partition coefficient (Wildman–Crippen LogP) is 2.34. The maximum absolute atomic E-state index is 11.4. The molecule has 0 aromatic carbocycles. The second-order valence-corrected chi connectivity index (χ2v) is 3.74. The van der Waals surface area contributed by atoms with Crippen molar-refractivity contribution in [3.05, 3.63) is 29.6 Å². The van der Waals surface area contributed by atoms with Crippen LogP contribution in [0.4, 0.5) is 0 Å². The molecule has 0 fully saturated rings. The number of hydrogen-bond donors (Lipinski definition) is 1. The zero-order valence-electron chi connectivity index (χ0n) is 9.58. The number of nitrogens with one attached hydrogen (secondary N) is 1. The average molecular weight is 206 g/mol. The first-order valence-corrected chi connectivity index (χ1v) is 5.37. The van der Waals surface area contributed by atoms with Gasteiger partial charge in [0.1, 0.15) is 0 Å². The first-order chi connectivity index (χ1) is 7.19. The number of rotatable bonds is 4. The lowest BCUT2D eigenvalue weighted by Gasteiger charge is -2.10. The zero-order chi connectivity index (χ0) is 11.3. The van der Waals surface area contributed by atoms with Gasteiger partial charge in [0.05, 0.1) is 0 Å². The third-order valence-electron chi connectivity index (χ3n) is 2.50. The molecule has 1 heterocycles. The van der Waals surface area contributed by atoms with Gasteiger partial charge in [-0.2, -0.15) is 0 Å². The molecule has 0 radical (unpaired) electrons. The van der Waals surface area contributed by atoms with E-state index in [4.69, 9.17) is 0 Å². The van der Waals surface area contributed by atoms with Gasteiger partial charge in [-0.25, -0.2) is 0 Å². The molecule has 1 N–H and O–H groups in total. The first-order valence-electron chi connectivity index (χ1n) is 5.37. The molecular formula is C12H18N2O. The number of hydrogen-bond acceptors (Lipinski definition) is 2. The van der Waals surface area contributed by atoms with E-state index in [9.17, 15) is 4.79 Å². The van der Waals surface area contributed by atoms with Crippen molar-refractivity contribution in [2.45, 2.75) is 32.6 Å². The Labute approximate surface area is 90.9 Å². The fourth-order valence-corrected chi connectivity index (χ4v) is 1.58. The molecule has 1 aromatic rings. The molecule has 82 valence electrons. The maximum atomic E-state index is 11.4. The zero-order valence-corrected chi connectivity index (χ0v) is 9.58. The van der Waals surface area contributed by atoms with E-state index in [-0.39, 0.29) is 5.91 Å². The monoisotopic (exact) mass is 206 g/mol. The van der Waals surface area contributed by atoms with Gasteiger partial charge in [0.15, 0.2) is 0 Å². The largest absolute Gasteiger partial charge is 0.355 e. The molecule has 1 unspecified atom stereocenters. The highest BCUT2D eigenvalue weighted by Crippen LogP contribution is 2.18. The normalized spacial score (nSPS) is 12.2. The Morgan fingerprint density at radius 2 is 2.33 bits per heavy atom. The molecule has 1 atom stereocenters. The van der Waals surface area contributed by atoms with Gasteiger partial charge >= 0.3 is 0 Å². The first kappa shape index (κ1) is 11.7. The van der Waals surface area contributed by atoms with Crippen LogP contribution < -0.4 is 5.32 Å². The summed E-state index contributed by atoms with van der Waals surface area (Å²) in [5, 5.41) is 2.61. The van der Waals surface area contributed by atoms with Crippen LogP contribution in [-0.4, -0.2) is 17.9 Å². The molecule has 0 bridgehead atoms. The van der Waals surface area contributed by atoms with Gasteiger partial charge in [-0.05, 0) is 24.5 Å². The molecule has 0 saturated carbocycles. The lowest BCUT2D eigenvalue weighted by molar-refractivity contribution is 0.0963. The summed E-state index contributed by atoms with van der Waals surface area (Å²) in [6.45, 7) is 4.29. The summed E-state index contributed by atoms with van der Waals surface area (Å²) in [5.41, 5.74) is 1.68. The van der Waals surface area contributed by atoms with Gasteiger partial charge in [0, 0.05) is 24.5 Å². The smallest absolute Gasteiger partial charge is 0.251 e. The van der Waals surface area contributed by atoms with Crippen LogP contribution in [0, 0.1) is 0 Å². The summed E-state index contributed by atoms with van der Waals surface area (Å²) < 4.78 is 0. The Bertz CT molecular complexity index is 336. The quantitative estimate of drug-likeness (QED) is 0.821. The van der Waals surface area contributed by atoms with Gasteiger partial charge in [0.25, 0.3) is 5.91 Å². The van der Waals surface area contributed by atoms with Crippen LogP contribution in [-0.2, 0) is 0 Å². The summed E-state index contributed by atoms with van der Waals surface area (Å²) in [7, 11) is 1.64. The Morgan fingerprint density at radius 1 is 1.60 bits per heavy atom. The summed E-state index contributed by atoms with van der Waals surface area (Å²) in [5.74, 6) is 0.363. The van der Waals surface area contributed by atoms with E-state index in [1.54, 1.807) is 19.3 Å². The predicted molar refractivity (Wildman–Crippen MR) is 61.0 cm³/mol. The lowest BCUT2D eigenvalue weighted by atomic mass is 10.0. The Kier molecular flexibility index (Phi) is 4.28. The topological polar surface area (TPSA) is 42.0 Å². The summed E-state index contributed by atoms with van der Waals surface area (Å²) in [6, 6.07) is 3.61. The van der Waals surface area contributed by atoms with Crippen molar-refractivity contribution >= 4 is 5.91 Å². The Morgan fingerprint density at radius 3 is 2.93 bits per heavy atom. The number of pyridine rings is 1. The van der Waals surface area contributed by atoms with E-state index in [2.05, 4.69) is 24.1 Å². The highest BCUT2D eigenvalue weighted by molar-refractivity contribution is 5.93. The van der Waals surface area contributed by atoms with Crippen LogP contribution in [0.25, 0.3) is 0 Å². The Balaban J connectivity index is 2.87. The van der Waals surface area contributed by atoms with E-state index in [1.807, 2.05) is 6.07 Å². The third kappa shape index (κ3) is 3.05. The van der Waals surface area contributed by atoms with Gasteiger partial charge in [0.2, 0.25) is 0 Å². The number of nitrogens with zero attached hydrogens (tertiary/aromatic N) is 1. The lowest BCUT2D eigenvalue weighted by Crippen LogP contribution is -2.18. The number of carbonyl (C=O) groups is 1. The van der Waals surface area contributed by atoms with Crippen LogP contribution in [0.5, 0.6) is 0 Å². The number of carbonyl (C=O) groups excluding carboxylic acids is 1. The molecule has 0 aliphatic carbocycles. The fraction of sp³-hybridized carbons (Fsp3) is 0.500. The van der Waals surface area contributed by atoms with E-state index in [1.165, 1.54) is 0 Å². The van der Waals surface area contributed by atoms with Crippen LogP contribution in [0.1, 0.15) is 48.7 Å². The average Bonchev–Trinajstić information content (AvgIpc) is 2.28. The second kappa shape index (κ2) is 5.49. The molecule has 3 heteroatoms. The van der Waals surface area contributed by atoms with Gasteiger partial charge in [-0.1, -0.05) is 20.3 Å². The maximum Gasteiger partial charge on any atom is 0.251 e. The number of aromatic nitrogens is 1. The van der Waals surface area contributed by atoms with Crippen molar-refractivity contribution in [1.82, 2.24) is 10.3 Å². The highest BCUT2D eigenvalue weighted by atomic mass is 16.1. The molecule has 0 saturated heterocycles. The molecule has 1 rings (SSSR count). The van der Waals surface area contributed by atoms with Gasteiger partial charge in [-0.3, -0.25) is 9.78 Å². The van der Waals surface area contributed by atoms with Crippen molar-refractivity contribution in [2.75, 3.05) is 7.05 Å². The fourth-order valence-electron chi connectivity index (χ4n) is 1.58. The van der Waals surface area contributed by atoms with E-state index in [0.29, 0.717) is 11.5 Å². The molecule has 0 spiro atoms. The van der Waals surface area contributed by atoms with E-state index in [0.717, 1.165) is 18.5 Å². The standard InChI is InChI=1S/C12H18N2O/c1-4-5-9(2)11-8-10(6-7-14-11)12(15)13-3/h6-9H,4-5H2,1-3H3,(H,13,15). The molecule has 0 aliphatic heterocycles. The molecule has 3 nitrogen and oxygen atoms in total. The SMILES string of the molecule is CCCC(C)c1cc(C(=O)NC)ccn1. The van der Waals surface area contributed by atoms with Crippen LogP contribution >= 0.6 is 0 Å². The summed E-state index contributed by atoms with van der Waals surface area (Å²) >= 11 is 0. The second-order valence-electron chi connectivity index (χ2n) is 3.74. The number of amides is 1. The van der Waals surface area contributed by atoms with Crippen molar-refractivity contribution in [1.29, 1.82) is 0 Å². The minimum Gasteiger partial charge on any atom is -0.355 e. The minimum absolute atomic E-state index is 0.0534. The molecular weight excluding hydrogens is 188 g/mol.